The van der Waals surface area contributed by atoms with Crippen molar-refractivity contribution in [3.8, 4) is 0 Å². The van der Waals surface area contributed by atoms with Crippen LogP contribution in [-0.2, 0) is 0 Å². The average Bonchev–Trinajstić information content (AvgIpc) is 2.34. The van der Waals surface area contributed by atoms with Crippen LogP contribution in [0.2, 0.25) is 0 Å². The molecule has 100 valence electrons. The molecule has 0 aromatic heterocycles. The van der Waals surface area contributed by atoms with Crippen molar-refractivity contribution in [2.45, 2.75) is 53.9 Å². The summed E-state index contributed by atoms with van der Waals surface area (Å²) in [4.78, 5) is 12.4. The normalized spacial score (nSPS) is 10.8. The molecule has 1 aromatic rings. The molecule has 0 unspecified atom stereocenters. The van der Waals surface area contributed by atoms with E-state index >= 15 is 0 Å². The third-order valence-corrected chi connectivity index (χ3v) is 4.63. The number of hydrogen-bond acceptors (Lipinski definition) is 1. The van der Waals surface area contributed by atoms with Crippen LogP contribution in [0.5, 0.6) is 0 Å². The highest BCUT2D eigenvalue weighted by Crippen LogP contribution is 2.27. The van der Waals surface area contributed by atoms with Crippen LogP contribution in [0, 0.1) is 34.6 Å². The Hall–Kier alpha value is -0.630. The van der Waals surface area contributed by atoms with Crippen molar-refractivity contribution < 1.29 is 4.79 Å². The van der Waals surface area contributed by atoms with Crippen molar-refractivity contribution >= 4 is 21.7 Å². The van der Waals surface area contributed by atoms with Gasteiger partial charge >= 0.3 is 0 Å². The van der Waals surface area contributed by atoms with E-state index in [-0.39, 0.29) is 0 Å². The molecule has 1 aromatic carbocycles. The summed E-state index contributed by atoms with van der Waals surface area (Å²) in [5, 5.41) is 0.976. The molecule has 0 saturated heterocycles. The smallest absolute Gasteiger partial charge is 0.163 e. The molecule has 0 spiro atoms. The van der Waals surface area contributed by atoms with E-state index in [1.165, 1.54) is 27.8 Å². The minimum Gasteiger partial charge on any atom is -0.294 e. The van der Waals surface area contributed by atoms with Gasteiger partial charge in [-0.25, -0.2) is 0 Å². The zero-order chi connectivity index (χ0) is 13.9. The first-order valence-corrected chi connectivity index (χ1v) is 7.70. The lowest BCUT2D eigenvalue weighted by molar-refractivity contribution is 0.0978. The summed E-state index contributed by atoms with van der Waals surface area (Å²) in [6.45, 7) is 10.5. The van der Waals surface area contributed by atoms with E-state index in [2.05, 4.69) is 50.5 Å². The van der Waals surface area contributed by atoms with Crippen molar-refractivity contribution in [1.82, 2.24) is 0 Å². The molecule has 0 radical (unpaired) electrons. The van der Waals surface area contributed by atoms with E-state index in [1.54, 1.807) is 0 Å². The molecule has 0 saturated carbocycles. The Balaban J connectivity index is 3.13. The number of alkyl halides is 1. The second-order valence-electron chi connectivity index (χ2n) is 5.07. The van der Waals surface area contributed by atoms with Crippen molar-refractivity contribution in [3.05, 3.63) is 33.4 Å². The number of carbonyl (C=O) groups excluding carboxylic acids is 1. The summed E-state index contributed by atoms with van der Waals surface area (Å²) in [5.41, 5.74) is 7.15. The first-order valence-electron chi connectivity index (χ1n) is 6.57. The Morgan fingerprint density at radius 3 is 1.72 bits per heavy atom. The van der Waals surface area contributed by atoms with Crippen LogP contribution >= 0.6 is 15.9 Å². The van der Waals surface area contributed by atoms with Crippen LogP contribution in [0.25, 0.3) is 0 Å². The Morgan fingerprint density at radius 2 is 1.28 bits per heavy atom. The fourth-order valence-electron chi connectivity index (χ4n) is 2.42. The van der Waals surface area contributed by atoms with Crippen molar-refractivity contribution in [2.24, 2.45) is 0 Å². The van der Waals surface area contributed by atoms with Gasteiger partial charge in [0.15, 0.2) is 5.78 Å². The van der Waals surface area contributed by atoms with Gasteiger partial charge in [-0.15, -0.1) is 0 Å². The monoisotopic (exact) mass is 310 g/mol. The highest BCUT2D eigenvalue weighted by atomic mass is 79.9. The predicted molar refractivity (Wildman–Crippen MR) is 82.1 cm³/mol. The van der Waals surface area contributed by atoms with Gasteiger partial charge in [0.05, 0.1) is 0 Å². The highest BCUT2D eigenvalue weighted by Gasteiger charge is 2.17. The fourth-order valence-corrected chi connectivity index (χ4v) is 2.82. The first kappa shape index (κ1) is 15.4. The standard InChI is InChI=1S/C16H23BrO/c1-10-11(2)13(4)16(14(5)12(10)3)15(18)8-6-7-9-17/h6-9H2,1-5H3. The Bertz CT molecular complexity index is 432. The molecule has 0 aliphatic heterocycles. The number of Topliss-reactive ketones (excluding diaryl/α,β-unsaturated/α-hetero) is 1. The quantitative estimate of drug-likeness (QED) is 0.426. The Morgan fingerprint density at radius 1 is 0.833 bits per heavy atom. The third kappa shape index (κ3) is 3.03. The van der Waals surface area contributed by atoms with E-state index in [1.807, 2.05) is 0 Å². The topological polar surface area (TPSA) is 17.1 Å². The molecule has 1 nitrogen and oxygen atoms in total. The Kier molecular flexibility index (Phi) is 5.58. The Labute approximate surface area is 119 Å². The number of carbonyl (C=O) groups is 1. The number of halogens is 1. The van der Waals surface area contributed by atoms with Crippen molar-refractivity contribution in [3.63, 3.8) is 0 Å². The van der Waals surface area contributed by atoms with Gasteiger partial charge < -0.3 is 0 Å². The summed E-state index contributed by atoms with van der Waals surface area (Å²) in [6, 6.07) is 0. The minimum atomic E-state index is 0.303. The van der Waals surface area contributed by atoms with Gasteiger partial charge in [0.25, 0.3) is 0 Å². The average molecular weight is 311 g/mol. The molecule has 18 heavy (non-hydrogen) atoms. The van der Waals surface area contributed by atoms with E-state index in [4.69, 9.17) is 0 Å². The van der Waals surface area contributed by atoms with Crippen LogP contribution in [0.1, 0.15) is 57.4 Å². The summed E-state index contributed by atoms with van der Waals surface area (Å²) in [5.74, 6) is 0.303. The SMILES string of the molecule is Cc1c(C)c(C)c(C(=O)CCCCBr)c(C)c1C. The van der Waals surface area contributed by atoms with Crippen LogP contribution in [0.4, 0.5) is 0 Å². The van der Waals surface area contributed by atoms with Gasteiger partial charge in [-0.05, 0) is 75.3 Å². The second kappa shape index (κ2) is 6.51. The summed E-state index contributed by atoms with van der Waals surface area (Å²) in [6.07, 6.45) is 2.69. The van der Waals surface area contributed by atoms with Gasteiger partial charge in [0.1, 0.15) is 0 Å². The maximum atomic E-state index is 12.4. The molecular weight excluding hydrogens is 288 g/mol. The maximum Gasteiger partial charge on any atom is 0.163 e. The van der Waals surface area contributed by atoms with Gasteiger partial charge in [-0.2, -0.15) is 0 Å². The molecule has 0 bridgehead atoms. The van der Waals surface area contributed by atoms with Crippen LogP contribution in [0.15, 0.2) is 0 Å². The summed E-state index contributed by atoms with van der Waals surface area (Å²) in [7, 11) is 0. The lowest BCUT2D eigenvalue weighted by atomic mass is 9.87. The largest absolute Gasteiger partial charge is 0.294 e. The lowest BCUT2D eigenvalue weighted by Crippen LogP contribution is -2.09. The molecule has 0 fully saturated rings. The van der Waals surface area contributed by atoms with Crippen LogP contribution in [-0.4, -0.2) is 11.1 Å². The molecule has 0 amide bonds. The molecule has 0 heterocycles. The van der Waals surface area contributed by atoms with E-state index in [9.17, 15) is 4.79 Å². The summed E-state index contributed by atoms with van der Waals surface area (Å²) >= 11 is 3.41. The van der Waals surface area contributed by atoms with Crippen LogP contribution in [0.3, 0.4) is 0 Å². The van der Waals surface area contributed by atoms with E-state index < -0.39 is 0 Å². The number of unbranched alkanes of at least 4 members (excludes halogenated alkanes) is 1. The summed E-state index contributed by atoms with van der Waals surface area (Å²) < 4.78 is 0. The van der Waals surface area contributed by atoms with Gasteiger partial charge in [0.2, 0.25) is 0 Å². The molecule has 0 N–H and O–H groups in total. The lowest BCUT2D eigenvalue weighted by Gasteiger charge is -2.17. The zero-order valence-corrected chi connectivity index (χ0v) is 13.7. The van der Waals surface area contributed by atoms with Gasteiger partial charge in [0, 0.05) is 17.3 Å². The number of hydrogen-bond donors (Lipinski definition) is 0. The maximum absolute atomic E-state index is 12.4. The van der Waals surface area contributed by atoms with Gasteiger partial charge in [-0.3, -0.25) is 4.79 Å². The fraction of sp³-hybridized carbons (Fsp3) is 0.562. The predicted octanol–water partition coefficient (Wildman–Crippen LogP) is 4.98. The van der Waals surface area contributed by atoms with E-state index in [0.717, 1.165) is 23.7 Å². The third-order valence-electron chi connectivity index (χ3n) is 4.07. The number of benzene rings is 1. The molecule has 1 rings (SSSR count). The molecule has 0 atom stereocenters. The van der Waals surface area contributed by atoms with Gasteiger partial charge in [-0.1, -0.05) is 15.9 Å². The van der Waals surface area contributed by atoms with E-state index in [0.29, 0.717) is 12.2 Å². The highest BCUT2D eigenvalue weighted by molar-refractivity contribution is 9.09. The number of rotatable bonds is 5. The van der Waals surface area contributed by atoms with Crippen LogP contribution < -0.4 is 0 Å². The molecule has 0 aliphatic rings. The molecule has 0 aliphatic carbocycles. The first-order chi connectivity index (χ1) is 8.41. The van der Waals surface area contributed by atoms with Crippen molar-refractivity contribution in [2.75, 3.05) is 5.33 Å². The molecular formula is C16H23BrO. The minimum absolute atomic E-state index is 0.303. The number of ketones is 1. The zero-order valence-electron chi connectivity index (χ0n) is 12.1. The second-order valence-corrected chi connectivity index (χ2v) is 5.86. The van der Waals surface area contributed by atoms with Crippen molar-refractivity contribution in [1.29, 1.82) is 0 Å². The molecule has 2 heteroatoms.